The van der Waals surface area contributed by atoms with Crippen molar-refractivity contribution < 1.29 is 4.39 Å². The molecule has 0 unspecified atom stereocenters. The molecule has 110 valence electrons. The molecule has 3 rings (SSSR count). The highest BCUT2D eigenvalue weighted by atomic mass is 19.1. The van der Waals surface area contributed by atoms with Crippen molar-refractivity contribution in [1.82, 2.24) is 14.9 Å². The van der Waals surface area contributed by atoms with Crippen LogP contribution in [0.1, 0.15) is 11.3 Å². The first kappa shape index (κ1) is 13.9. The van der Waals surface area contributed by atoms with Crippen LogP contribution < -0.4 is 4.90 Å². The largest absolute Gasteiger partial charge is 0.354 e. The maximum absolute atomic E-state index is 13.2. The minimum atomic E-state index is -0.416. The number of hydrogen-bond donors (Lipinski definition) is 0. The van der Waals surface area contributed by atoms with Crippen LogP contribution in [0.25, 0.3) is 0 Å². The Morgan fingerprint density at radius 1 is 1.10 bits per heavy atom. The van der Waals surface area contributed by atoms with Gasteiger partial charge in [-0.3, -0.25) is 9.88 Å². The second kappa shape index (κ2) is 6.18. The van der Waals surface area contributed by atoms with Gasteiger partial charge in [0.1, 0.15) is 5.82 Å². The van der Waals surface area contributed by atoms with Crippen LogP contribution in [-0.2, 0) is 6.54 Å². The van der Waals surface area contributed by atoms with Crippen molar-refractivity contribution in [3.63, 3.8) is 0 Å². The Morgan fingerprint density at radius 3 is 2.62 bits per heavy atom. The molecular formula is C16H19FN4. The second-order valence-corrected chi connectivity index (χ2v) is 5.33. The Labute approximate surface area is 124 Å². The molecule has 1 saturated heterocycles. The van der Waals surface area contributed by atoms with Crippen LogP contribution in [0, 0.1) is 12.9 Å². The molecule has 1 aliphatic rings. The van der Waals surface area contributed by atoms with Gasteiger partial charge in [-0.2, -0.15) is 4.39 Å². The minimum Gasteiger partial charge on any atom is -0.354 e. The molecule has 21 heavy (non-hydrogen) atoms. The van der Waals surface area contributed by atoms with Gasteiger partial charge in [-0.15, -0.1) is 0 Å². The summed E-state index contributed by atoms with van der Waals surface area (Å²) in [5.74, 6) is 0.313. The third-order valence-corrected chi connectivity index (χ3v) is 3.91. The summed E-state index contributed by atoms with van der Waals surface area (Å²) < 4.78 is 13.2. The number of rotatable bonds is 3. The lowest BCUT2D eigenvalue weighted by Crippen LogP contribution is -2.46. The maximum Gasteiger partial charge on any atom is 0.214 e. The number of anilines is 1. The lowest BCUT2D eigenvalue weighted by Gasteiger charge is -2.35. The molecule has 1 aliphatic heterocycles. The van der Waals surface area contributed by atoms with Gasteiger partial charge in [-0.25, -0.2) is 4.98 Å². The summed E-state index contributed by atoms with van der Waals surface area (Å²) in [6, 6.07) is 9.07. The Bertz CT molecular complexity index is 609. The second-order valence-electron chi connectivity index (χ2n) is 5.33. The predicted octanol–water partition coefficient (Wildman–Crippen LogP) is 2.25. The number of aryl methyl sites for hydroxylation is 1. The highest BCUT2D eigenvalue weighted by Gasteiger charge is 2.18. The monoisotopic (exact) mass is 286 g/mol. The summed E-state index contributed by atoms with van der Waals surface area (Å²) in [6.45, 7) is 6.61. The van der Waals surface area contributed by atoms with Crippen molar-refractivity contribution in [2.75, 3.05) is 31.1 Å². The van der Waals surface area contributed by atoms with Crippen molar-refractivity contribution in [1.29, 1.82) is 0 Å². The zero-order valence-corrected chi connectivity index (χ0v) is 12.2. The van der Waals surface area contributed by atoms with Crippen LogP contribution in [-0.4, -0.2) is 41.0 Å². The number of aromatic nitrogens is 2. The van der Waals surface area contributed by atoms with Crippen molar-refractivity contribution >= 4 is 5.82 Å². The molecule has 0 aromatic carbocycles. The molecule has 0 saturated carbocycles. The van der Waals surface area contributed by atoms with Gasteiger partial charge >= 0.3 is 0 Å². The number of piperazine rings is 1. The summed E-state index contributed by atoms with van der Waals surface area (Å²) in [5, 5.41) is 0. The first-order valence-electron chi connectivity index (χ1n) is 7.23. The number of pyridine rings is 2. The van der Waals surface area contributed by atoms with Gasteiger partial charge in [0.2, 0.25) is 5.95 Å². The quantitative estimate of drug-likeness (QED) is 0.810. The Morgan fingerprint density at radius 2 is 1.90 bits per heavy atom. The fourth-order valence-electron chi connectivity index (χ4n) is 2.63. The van der Waals surface area contributed by atoms with Crippen molar-refractivity contribution in [2.45, 2.75) is 13.5 Å². The SMILES string of the molecule is Cc1ncccc1CN1CCN(c2cccc(F)n2)CC1. The van der Waals surface area contributed by atoms with Crippen LogP contribution in [0.4, 0.5) is 10.2 Å². The van der Waals surface area contributed by atoms with Gasteiger partial charge in [-0.1, -0.05) is 12.1 Å². The molecule has 0 radical (unpaired) electrons. The van der Waals surface area contributed by atoms with Crippen LogP contribution in [0.15, 0.2) is 36.5 Å². The van der Waals surface area contributed by atoms with Gasteiger partial charge in [0.15, 0.2) is 0 Å². The van der Waals surface area contributed by atoms with Gasteiger partial charge in [0.25, 0.3) is 0 Å². The summed E-state index contributed by atoms with van der Waals surface area (Å²) in [7, 11) is 0. The molecule has 0 amide bonds. The van der Waals surface area contributed by atoms with E-state index < -0.39 is 5.95 Å². The fourth-order valence-corrected chi connectivity index (χ4v) is 2.63. The third kappa shape index (κ3) is 3.36. The van der Waals surface area contributed by atoms with Crippen LogP contribution in [0.5, 0.6) is 0 Å². The van der Waals surface area contributed by atoms with E-state index in [1.807, 2.05) is 25.3 Å². The van der Waals surface area contributed by atoms with Crippen molar-refractivity contribution in [3.8, 4) is 0 Å². The smallest absolute Gasteiger partial charge is 0.214 e. The standard InChI is InChI=1S/C16H19FN4/c1-13-14(4-3-7-18-13)12-20-8-10-21(11-9-20)16-6-2-5-15(17)19-16/h2-7H,8-12H2,1H3. The van der Waals surface area contributed by atoms with E-state index >= 15 is 0 Å². The summed E-state index contributed by atoms with van der Waals surface area (Å²) in [5.41, 5.74) is 2.36. The first-order valence-corrected chi connectivity index (χ1v) is 7.23. The zero-order valence-electron chi connectivity index (χ0n) is 12.2. The van der Waals surface area contributed by atoms with Crippen molar-refractivity contribution in [2.24, 2.45) is 0 Å². The number of hydrogen-bond acceptors (Lipinski definition) is 4. The molecule has 0 aliphatic carbocycles. The average molecular weight is 286 g/mol. The predicted molar refractivity (Wildman–Crippen MR) is 80.7 cm³/mol. The van der Waals surface area contributed by atoms with E-state index in [2.05, 4.69) is 25.8 Å². The molecular weight excluding hydrogens is 267 g/mol. The molecule has 2 aromatic rings. The van der Waals surface area contributed by atoms with E-state index in [1.165, 1.54) is 11.6 Å². The van der Waals surface area contributed by atoms with Gasteiger partial charge < -0.3 is 4.90 Å². The highest BCUT2D eigenvalue weighted by molar-refractivity contribution is 5.38. The maximum atomic E-state index is 13.2. The topological polar surface area (TPSA) is 32.3 Å². The number of nitrogens with zero attached hydrogens (tertiary/aromatic N) is 4. The Hall–Kier alpha value is -2.01. The Balaban J connectivity index is 1.59. The Kier molecular flexibility index (Phi) is 4.10. The van der Waals surface area contributed by atoms with E-state index in [1.54, 1.807) is 6.07 Å². The van der Waals surface area contributed by atoms with Crippen LogP contribution in [0.2, 0.25) is 0 Å². The van der Waals surface area contributed by atoms with Crippen molar-refractivity contribution in [3.05, 3.63) is 53.7 Å². The average Bonchev–Trinajstić information content (AvgIpc) is 2.50. The molecule has 0 atom stereocenters. The lowest BCUT2D eigenvalue weighted by molar-refractivity contribution is 0.248. The van der Waals surface area contributed by atoms with Gasteiger partial charge in [0, 0.05) is 44.6 Å². The molecule has 1 fully saturated rings. The van der Waals surface area contributed by atoms with E-state index in [9.17, 15) is 4.39 Å². The molecule has 0 bridgehead atoms. The molecule has 0 N–H and O–H groups in total. The summed E-state index contributed by atoms with van der Waals surface area (Å²) in [6.07, 6.45) is 1.83. The molecule has 2 aromatic heterocycles. The number of halogens is 1. The molecule has 5 heteroatoms. The van der Waals surface area contributed by atoms with Crippen LogP contribution in [0.3, 0.4) is 0 Å². The van der Waals surface area contributed by atoms with Gasteiger partial charge in [0.05, 0.1) is 0 Å². The summed E-state index contributed by atoms with van der Waals surface area (Å²) in [4.78, 5) is 12.8. The van der Waals surface area contributed by atoms with E-state index in [-0.39, 0.29) is 0 Å². The highest BCUT2D eigenvalue weighted by Crippen LogP contribution is 2.16. The molecule has 0 spiro atoms. The lowest BCUT2D eigenvalue weighted by atomic mass is 10.2. The van der Waals surface area contributed by atoms with Crippen LogP contribution >= 0.6 is 0 Å². The molecule has 4 nitrogen and oxygen atoms in total. The third-order valence-electron chi connectivity index (χ3n) is 3.91. The van der Waals surface area contributed by atoms with E-state index in [0.717, 1.165) is 44.2 Å². The fraction of sp³-hybridized carbons (Fsp3) is 0.375. The first-order chi connectivity index (χ1) is 10.2. The van der Waals surface area contributed by atoms with Gasteiger partial charge in [-0.05, 0) is 30.7 Å². The zero-order chi connectivity index (χ0) is 14.7. The van der Waals surface area contributed by atoms with E-state index in [0.29, 0.717) is 0 Å². The molecule has 3 heterocycles. The summed E-state index contributed by atoms with van der Waals surface area (Å²) >= 11 is 0. The van der Waals surface area contributed by atoms with E-state index in [4.69, 9.17) is 0 Å². The minimum absolute atomic E-state index is 0.416. The normalized spacial score (nSPS) is 16.2.